The molecule has 0 bridgehead atoms. The number of urea groups is 1. The van der Waals surface area contributed by atoms with Gasteiger partial charge >= 0.3 is 6.03 Å². The molecule has 29 heavy (non-hydrogen) atoms. The molecule has 5 nitrogen and oxygen atoms in total. The SMILES string of the molecule is O=C1C(Cc2ccccc2)C(=O)N(c2ccccc2)C(=O)N1C1=CC=CCC=C1. The van der Waals surface area contributed by atoms with Crippen LogP contribution < -0.4 is 4.90 Å². The molecular weight excluding hydrogens is 364 g/mol. The fraction of sp³-hybridized carbons (Fsp3) is 0.125. The maximum Gasteiger partial charge on any atom is 0.342 e. The molecule has 2 aromatic carbocycles. The summed E-state index contributed by atoms with van der Waals surface area (Å²) in [6, 6.07) is 17.4. The van der Waals surface area contributed by atoms with Crippen molar-refractivity contribution in [2.24, 2.45) is 5.92 Å². The van der Waals surface area contributed by atoms with E-state index in [0.717, 1.165) is 15.4 Å². The number of allylic oxidation sites excluding steroid dienone is 5. The van der Waals surface area contributed by atoms with Crippen molar-refractivity contribution in [2.75, 3.05) is 4.90 Å². The standard InChI is InChI=1S/C24H20N2O3/c27-22-21(17-18-11-5-3-6-12-18)23(28)26(20-15-9-4-10-16-20)24(29)25(22)19-13-7-1-2-8-14-19/h1,3-16,21H,2,17H2. The highest BCUT2D eigenvalue weighted by Gasteiger charge is 2.47. The van der Waals surface area contributed by atoms with Crippen molar-refractivity contribution in [1.29, 1.82) is 0 Å². The van der Waals surface area contributed by atoms with Crippen LogP contribution in [0.3, 0.4) is 0 Å². The van der Waals surface area contributed by atoms with Gasteiger partial charge in [0.05, 0.1) is 11.4 Å². The van der Waals surface area contributed by atoms with Crippen molar-refractivity contribution in [1.82, 2.24) is 4.90 Å². The van der Waals surface area contributed by atoms with Crippen LogP contribution in [0.1, 0.15) is 12.0 Å². The number of barbiturate groups is 1. The number of carbonyl (C=O) groups excluding carboxylic acids is 3. The van der Waals surface area contributed by atoms with Crippen molar-refractivity contribution in [3.63, 3.8) is 0 Å². The number of hydrogen-bond donors (Lipinski definition) is 0. The van der Waals surface area contributed by atoms with E-state index in [2.05, 4.69) is 0 Å². The Bertz CT molecular complexity index is 1020. The largest absolute Gasteiger partial charge is 0.342 e. The number of para-hydroxylation sites is 1. The van der Waals surface area contributed by atoms with Gasteiger partial charge in [-0.1, -0.05) is 66.8 Å². The molecular formula is C24H20N2O3. The Balaban J connectivity index is 1.78. The molecule has 0 N–H and O–H groups in total. The van der Waals surface area contributed by atoms with Crippen molar-refractivity contribution < 1.29 is 14.4 Å². The number of anilines is 1. The third-order valence-electron chi connectivity index (χ3n) is 4.94. The summed E-state index contributed by atoms with van der Waals surface area (Å²) in [5.41, 5.74) is 1.78. The normalized spacial score (nSPS) is 19.4. The van der Waals surface area contributed by atoms with Crippen molar-refractivity contribution >= 4 is 23.5 Å². The lowest BCUT2D eigenvalue weighted by atomic mass is 9.94. The molecule has 1 fully saturated rings. The zero-order valence-corrected chi connectivity index (χ0v) is 15.8. The molecule has 1 unspecified atom stereocenters. The first-order valence-electron chi connectivity index (χ1n) is 9.51. The van der Waals surface area contributed by atoms with Crippen LogP contribution in [0.25, 0.3) is 0 Å². The van der Waals surface area contributed by atoms with Gasteiger partial charge in [0.25, 0.3) is 0 Å². The number of rotatable bonds is 4. The summed E-state index contributed by atoms with van der Waals surface area (Å²) in [5.74, 6) is -1.97. The molecule has 5 heteroatoms. The molecule has 0 radical (unpaired) electrons. The minimum absolute atomic E-state index is 0.235. The molecule has 0 aromatic heterocycles. The van der Waals surface area contributed by atoms with E-state index < -0.39 is 23.8 Å². The molecule has 4 rings (SSSR count). The van der Waals surface area contributed by atoms with Crippen LogP contribution in [-0.4, -0.2) is 22.7 Å². The summed E-state index contributed by atoms with van der Waals surface area (Å²) in [7, 11) is 0. The average Bonchev–Trinajstić information content (AvgIpc) is 3.02. The second-order valence-corrected chi connectivity index (χ2v) is 6.87. The van der Waals surface area contributed by atoms with Gasteiger partial charge in [-0.15, -0.1) is 0 Å². The Hall–Kier alpha value is -3.73. The predicted octanol–water partition coefficient (Wildman–Crippen LogP) is 4.24. The number of carbonyl (C=O) groups is 3. The number of hydrogen-bond acceptors (Lipinski definition) is 3. The van der Waals surface area contributed by atoms with Crippen molar-refractivity contribution in [3.05, 3.63) is 102 Å². The van der Waals surface area contributed by atoms with E-state index in [1.165, 1.54) is 0 Å². The summed E-state index contributed by atoms with van der Waals surface area (Å²) < 4.78 is 0. The molecule has 1 aliphatic heterocycles. The first-order chi connectivity index (χ1) is 14.2. The van der Waals surface area contributed by atoms with Gasteiger partial charge in [-0.25, -0.2) is 14.6 Å². The lowest BCUT2D eigenvalue weighted by Crippen LogP contribution is -2.60. The molecule has 1 heterocycles. The maximum atomic E-state index is 13.3. The minimum Gasteiger partial charge on any atom is -0.273 e. The van der Waals surface area contributed by atoms with Crippen LogP contribution in [0.5, 0.6) is 0 Å². The van der Waals surface area contributed by atoms with Crippen molar-refractivity contribution in [3.8, 4) is 0 Å². The van der Waals surface area contributed by atoms with Gasteiger partial charge in [-0.2, -0.15) is 0 Å². The highest BCUT2D eigenvalue weighted by atomic mass is 16.2. The average molecular weight is 384 g/mol. The monoisotopic (exact) mass is 384 g/mol. The predicted molar refractivity (Wildman–Crippen MR) is 111 cm³/mol. The number of amides is 4. The summed E-state index contributed by atoms with van der Waals surface area (Å²) in [6.45, 7) is 0. The summed E-state index contributed by atoms with van der Waals surface area (Å²) in [6.07, 6.45) is 10.0. The number of benzene rings is 2. The lowest BCUT2D eigenvalue weighted by Gasteiger charge is -2.37. The molecule has 1 aliphatic carbocycles. The van der Waals surface area contributed by atoms with Crippen LogP contribution in [0.15, 0.2) is 96.7 Å². The fourth-order valence-electron chi connectivity index (χ4n) is 3.50. The quantitative estimate of drug-likeness (QED) is 0.741. The molecule has 4 amide bonds. The van der Waals surface area contributed by atoms with Crippen molar-refractivity contribution in [2.45, 2.75) is 12.8 Å². The van der Waals surface area contributed by atoms with E-state index >= 15 is 0 Å². The molecule has 1 atom stereocenters. The topological polar surface area (TPSA) is 57.7 Å². The summed E-state index contributed by atoms with van der Waals surface area (Å²) >= 11 is 0. The van der Waals surface area contributed by atoms with Gasteiger partial charge in [0.15, 0.2) is 0 Å². The first-order valence-corrected chi connectivity index (χ1v) is 9.51. The smallest absolute Gasteiger partial charge is 0.273 e. The third-order valence-corrected chi connectivity index (χ3v) is 4.94. The van der Waals surface area contributed by atoms with E-state index in [4.69, 9.17) is 0 Å². The zero-order valence-electron chi connectivity index (χ0n) is 15.8. The second-order valence-electron chi connectivity index (χ2n) is 6.87. The van der Waals surface area contributed by atoms with Gasteiger partial charge in [-0.05, 0) is 42.7 Å². The van der Waals surface area contributed by atoms with Gasteiger partial charge in [0.1, 0.15) is 5.92 Å². The van der Waals surface area contributed by atoms with Gasteiger partial charge < -0.3 is 0 Å². The fourth-order valence-corrected chi connectivity index (χ4v) is 3.50. The molecule has 0 spiro atoms. The molecule has 1 saturated heterocycles. The van der Waals surface area contributed by atoms with Crippen LogP contribution in [0.4, 0.5) is 10.5 Å². The Morgan fingerprint density at radius 2 is 1.45 bits per heavy atom. The van der Waals surface area contributed by atoms with E-state index in [0.29, 0.717) is 17.8 Å². The molecule has 2 aliphatic rings. The second kappa shape index (κ2) is 8.10. The van der Waals surface area contributed by atoms with Crippen LogP contribution in [0.2, 0.25) is 0 Å². The van der Waals surface area contributed by atoms with Crippen LogP contribution >= 0.6 is 0 Å². The number of nitrogens with zero attached hydrogens (tertiary/aromatic N) is 2. The summed E-state index contributed by atoms with van der Waals surface area (Å²) in [4.78, 5) is 42.0. The van der Waals surface area contributed by atoms with Crippen LogP contribution in [0, 0.1) is 5.92 Å². The van der Waals surface area contributed by atoms with E-state index in [9.17, 15) is 14.4 Å². The maximum absolute atomic E-state index is 13.3. The minimum atomic E-state index is -0.975. The van der Waals surface area contributed by atoms with Gasteiger partial charge in [-0.3, -0.25) is 9.59 Å². The first kappa shape index (κ1) is 18.6. The molecule has 2 aromatic rings. The highest BCUT2D eigenvalue weighted by Crippen LogP contribution is 2.29. The van der Waals surface area contributed by atoms with E-state index in [1.54, 1.807) is 36.4 Å². The number of imide groups is 2. The highest BCUT2D eigenvalue weighted by molar-refractivity contribution is 6.28. The molecule has 144 valence electrons. The molecule has 0 saturated carbocycles. The van der Waals surface area contributed by atoms with Crippen LogP contribution in [-0.2, 0) is 16.0 Å². The Morgan fingerprint density at radius 3 is 2.17 bits per heavy atom. The van der Waals surface area contributed by atoms with E-state index in [-0.39, 0.29) is 6.42 Å². The lowest BCUT2D eigenvalue weighted by molar-refractivity contribution is -0.139. The van der Waals surface area contributed by atoms with Gasteiger partial charge in [0.2, 0.25) is 11.8 Å². The third kappa shape index (κ3) is 3.67. The van der Waals surface area contributed by atoms with Gasteiger partial charge in [0, 0.05) is 0 Å². The Kier molecular flexibility index (Phi) is 5.20. The Labute approximate surface area is 169 Å². The summed E-state index contributed by atoms with van der Waals surface area (Å²) in [5, 5.41) is 0. The zero-order chi connectivity index (χ0) is 20.2. The Morgan fingerprint density at radius 1 is 0.793 bits per heavy atom. The van der Waals surface area contributed by atoms with E-state index in [1.807, 2.05) is 54.6 Å².